The molecule has 4 rings (SSSR count). The molecule has 0 radical (unpaired) electrons. The highest BCUT2D eigenvalue weighted by molar-refractivity contribution is 6.00. The molecule has 0 atom stereocenters. The van der Waals surface area contributed by atoms with Gasteiger partial charge >= 0.3 is 6.03 Å². The van der Waals surface area contributed by atoms with Crippen LogP contribution in [0.4, 0.5) is 16.2 Å². The zero-order valence-electron chi connectivity index (χ0n) is 18.9. The average Bonchev–Trinajstić information content (AvgIpc) is 3.31. The van der Waals surface area contributed by atoms with Crippen LogP contribution in [-0.2, 0) is 0 Å². The third-order valence-electron chi connectivity index (χ3n) is 5.22. The maximum Gasteiger partial charge on any atom is 0.323 e. The van der Waals surface area contributed by atoms with Crippen LogP contribution in [0.3, 0.4) is 0 Å². The molecule has 168 valence electrons. The zero-order valence-corrected chi connectivity index (χ0v) is 18.9. The number of aryl methyl sites for hydroxylation is 2. The Morgan fingerprint density at radius 1 is 0.909 bits per heavy atom. The van der Waals surface area contributed by atoms with Crippen LogP contribution in [0.25, 0.3) is 22.7 Å². The highest BCUT2D eigenvalue weighted by Gasteiger charge is 2.12. The van der Waals surface area contributed by atoms with Crippen LogP contribution in [0, 0.1) is 13.8 Å². The summed E-state index contributed by atoms with van der Waals surface area (Å²) in [5, 5.41) is 5.58. The van der Waals surface area contributed by atoms with Crippen LogP contribution in [0.15, 0.2) is 71.3 Å². The molecular formula is C26H25N3O4. The average molecular weight is 444 g/mol. The molecule has 0 aliphatic rings. The van der Waals surface area contributed by atoms with Crippen LogP contribution in [-0.4, -0.2) is 25.2 Å². The van der Waals surface area contributed by atoms with Gasteiger partial charge in [0.25, 0.3) is 0 Å². The molecule has 2 N–H and O–H groups in total. The summed E-state index contributed by atoms with van der Waals surface area (Å²) in [6, 6.07) is 18.3. The number of benzene rings is 3. The monoisotopic (exact) mass is 443 g/mol. The number of oxazole rings is 1. The Bertz CT molecular complexity index is 1280. The van der Waals surface area contributed by atoms with E-state index >= 15 is 0 Å². The van der Waals surface area contributed by atoms with Crippen molar-refractivity contribution in [2.45, 2.75) is 13.8 Å². The standard InChI is InChI=1S/C26H25N3O4/c1-16-5-6-17(2)21(13-16)23-15-33-25(28-23)18-7-9-19(10-8-18)27-26(30)29-22-14-20(31-3)11-12-24(22)32-4/h5-15H,1-4H3,(H2,27,29,30). The Labute approximate surface area is 192 Å². The number of nitrogens with zero attached hydrogens (tertiary/aromatic N) is 1. The second kappa shape index (κ2) is 9.48. The number of hydrogen-bond acceptors (Lipinski definition) is 5. The van der Waals surface area contributed by atoms with Gasteiger partial charge < -0.3 is 24.5 Å². The van der Waals surface area contributed by atoms with Gasteiger partial charge in [0.1, 0.15) is 23.5 Å². The van der Waals surface area contributed by atoms with Crippen molar-refractivity contribution in [2.75, 3.05) is 24.9 Å². The van der Waals surface area contributed by atoms with Gasteiger partial charge in [0, 0.05) is 22.9 Å². The lowest BCUT2D eigenvalue weighted by molar-refractivity contribution is 0.262. The van der Waals surface area contributed by atoms with Gasteiger partial charge in [-0.15, -0.1) is 0 Å². The Hall–Kier alpha value is -4.26. The van der Waals surface area contributed by atoms with Gasteiger partial charge in [0.05, 0.1) is 19.9 Å². The lowest BCUT2D eigenvalue weighted by Crippen LogP contribution is -2.19. The first-order chi connectivity index (χ1) is 16.0. The van der Waals surface area contributed by atoms with Gasteiger partial charge in [-0.05, 0) is 61.9 Å². The molecule has 1 aromatic heterocycles. The van der Waals surface area contributed by atoms with Gasteiger partial charge in [-0.2, -0.15) is 0 Å². The normalized spacial score (nSPS) is 10.5. The van der Waals surface area contributed by atoms with Crippen LogP contribution < -0.4 is 20.1 Å². The molecule has 7 nitrogen and oxygen atoms in total. The Balaban J connectivity index is 1.46. The number of ether oxygens (including phenoxy) is 2. The van der Waals surface area contributed by atoms with Gasteiger partial charge in [0.15, 0.2) is 0 Å². The largest absolute Gasteiger partial charge is 0.497 e. The van der Waals surface area contributed by atoms with Crippen molar-refractivity contribution in [1.29, 1.82) is 0 Å². The Kier molecular flexibility index (Phi) is 6.31. The molecule has 0 saturated heterocycles. The topological polar surface area (TPSA) is 85.6 Å². The molecule has 2 amide bonds. The Morgan fingerprint density at radius 2 is 1.70 bits per heavy atom. The van der Waals surface area contributed by atoms with E-state index in [2.05, 4.69) is 47.7 Å². The van der Waals surface area contributed by atoms with Gasteiger partial charge in [-0.3, -0.25) is 0 Å². The van der Waals surface area contributed by atoms with Crippen molar-refractivity contribution >= 4 is 17.4 Å². The van der Waals surface area contributed by atoms with Crippen molar-refractivity contribution < 1.29 is 18.7 Å². The number of amides is 2. The summed E-state index contributed by atoms with van der Waals surface area (Å²) in [6.45, 7) is 4.10. The van der Waals surface area contributed by atoms with Crippen molar-refractivity contribution in [3.05, 3.63) is 78.1 Å². The molecule has 1 heterocycles. The highest BCUT2D eigenvalue weighted by atomic mass is 16.5. The van der Waals surface area contributed by atoms with E-state index in [-0.39, 0.29) is 0 Å². The number of urea groups is 1. The van der Waals surface area contributed by atoms with E-state index in [1.807, 2.05) is 12.1 Å². The first-order valence-corrected chi connectivity index (χ1v) is 10.4. The van der Waals surface area contributed by atoms with E-state index in [9.17, 15) is 4.79 Å². The molecule has 0 unspecified atom stereocenters. The van der Waals surface area contributed by atoms with E-state index in [1.54, 1.807) is 43.7 Å². The molecule has 0 aliphatic heterocycles. The molecular weight excluding hydrogens is 418 g/mol. The lowest BCUT2D eigenvalue weighted by Gasteiger charge is -2.12. The molecule has 0 bridgehead atoms. The molecule has 33 heavy (non-hydrogen) atoms. The van der Waals surface area contributed by atoms with Crippen LogP contribution in [0.2, 0.25) is 0 Å². The minimum Gasteiger partial charge on any atom is -0.497 e. The number of hydrogen-bond donors (Lipinski definition) is 2. The molecule has 7 heteroatoms. The highest BCUT2D eigenvalue weighted by Crippen LogP contribution is 2.30. The van der Waals surface area contributed by atoms with Crippen molar-refractivity contribution in [1.82, 2.24) is 4.98 Å². The van der Waals surface area contributed by atoms with E-state index in [1.165, 1.54) is 12.7 Å². The zero-order chi connectivity index (χ0) is 23.4. The summed E-state index contributed by atoms with van der Waals surface area (Å²) in [5.74, 6) is 1.66. The smallest absolute Gasteiger partial charge is 0.323 e. The summed E-state index contributed by atoms with van der Waals surface area (Å²) in [5.41, 5.74) is 6.09. The number of aromatic nitrogens is 1. The second-order valence-corrected chi connectivity index (χ2v) is 7.58. The van der Waals surface area contributed by atoms with Crippen LogP contribution in [0.5, 0.6) is 11.5 Å². The first-order valence-electron chi connectivity index (χ1n) is 10.4. The fourth-order valence-corrected chi connectivity index (χ4v) is 3.43. The maximum absolute atomic E-state index is 12.5. The summed E-state index contributed by atoms with van der Waals surface area (Å²) in [4.78, 5) is 17.1. The fraction of sp³-hybridized carbons (Fsp3) is 0.154. The molecule has 4 aromatic rings. The minimum absolute atomic E-state index is 0.400. The van der Waals surface area contributed by atoms with Crippen LogP contribution in [0.1, 0.15) is 11.1 Å². The summed E-state index contributed by atoms with van der Waals surface area (Å²) < 4.78 is 16.2. The molecule has 0 saturated carbocycles. The predicted octanol–water partition coefficient (Wildman–Crippen LogP) is 6.29. The number of methoxy groups -OCH3 is 2. The first kappa shape index (κ1) is 22.0. The van der Waals surface area contributed by atoms with Gasteiger partial charge in [-0.1, -0.05) is 17.7 Å². The number of rotatable bonds is 6. The molecule has 3 aromatic carbocycles. The van der Waals surface area contributed by atoms with Gasteiger partial charge in [-0.25, -0.2) is 9.78 Å². The maximum atomic E-state index is 12.5. The van der Waals surface area contributed by atoms with E-state index in [4.69, 9.17) is 13.9 Å². The quantitative estimate of drug-likeness (QED) is 0.366. The van der Waals surface area contributed by atoms with Crippen molar-refractivity contribution in [2.24, 2.45) is 0 Å². The van der Waals surface area contributed by atoms with Crippen LogP contribution >= 0.6 is 0 Å². The summed E-state index contributed by atoms with van der Waals surface area (Å²) >= 11 is 0. The minimum atomic E-state index is -0.400. The van der Waals surface area contributed by atoms with E-state index < -0.39 is 6.03 Å². The number of nitrogens with one attached hydrogen (secondary N) is 2. The molecule has 0 aliphatic carbocycles. The van der Waals surface area contributed by atoms with Crippen molar-refractivity contribution in [3.8, 4) is 34.2 Å². The SMILES string of the molecule is COc1ccc(OC)c(NC(=O)Nc2ccc(-c3nc(-c4cc(C)ccc4C)co3)cc2)c1. The summed E-state index contributed by atoms with van der Waals surface area (Å²) in [6.07, 6.45) is 1.66. The predicted molar refractivity (Wildman–Crippen MR) is 129 cm³/mol. The number of carbonyl (C=O) groups is 1. The van der Waals surface area contributed by atoms with E-state index in [0.29, 0.717) is 28.8 Å². The Morgan fingerprint density at radius 3 is 2.42 bits per heavy atom. The van der Waals surface area contributed by atoms with E-state index in [0.717, 1.165) is 22.4 Å². The van der Waals surface area contributed by atoms with Crippen molar-refractivity contribution in [3.63, 3.8) is 0 Å². The third-order valence-corrected chi connectivity index (χ3v) is 5.22. The fourth-order valence-electron chi connectivity index (χ4n) is 3.43. The molecule has 0 fully saturated rings. The number of anilines is 2. The van der Waals surface area contributed by atoms with Gasteiger partial charge in [0.2, 0.25) is 5.89 Å². The lowest BCUT2D eigenvalue weighted by atomic mass is 10.0. The summed E-state index contributed by atoms with van der Waals surface area (Å²) in [7, 11) is 3.10. The number of carbonyl (C=O) groups excluding carboxylic acids is 1. The third kappa shape index (κ3) is 4.98. The molecule has 0 spiro atoms. The second-order valence-electron chi connectivity index (χ2n) is 7.58.